The van der Waals surface area contributed by atoms with Crippen LogP contribution in [0.5, 0.6) is 0 Å². The van der Waals surface area contributed by atoms with Gasteiger partial charge in [0.1, 0.15) is 23.0 Å². The monoisotopic (exact) mass is 433 g/mol. The van der Waals surface area contributed by atoms with Crippen molar-refractivity contribution >= 4 is 35.5 Å². The van der Waals surface area contributed by atoms with Crippen molar-refractivity contribution in [2.45, 2.75) is 51.4 Å². The van der Waals surface area contributed by atoms with Gasteiger partial charge in [-0.2, -0.15) is 0 Å². The first-order valence-electron chi connectivity index (χ1n) is 10.1. The van der Waals surface area contributed by atoms with E-state index in [0.29, 0.717) is 23.5 Å². The van der Waals surface area contributed by atoms with Crippen LogP contribution in [0.1, 0.15) is 38.7 Å². The largest absolute Gasteiger partial charge is 0.480 e. The van der Waals surface area contributed by atoms with Crippen molar-refractivity contribution in [1.29, 1.82) is 0 Å². The number of benzene rings is 2. The van der Waals surface area contributed by atoms with E-state index < -0.39 is 25.4 Å². The molecule has 0 aliphatic heterocycles. The maximum Gasteiger partial charge on any atom is 0.342 e. The van der Waals surface area contributed by atoms with Gasteiger partial charge in [-0.1, -0.05) is 57.0 Å². The molecule has 1 heterocycles. The van der Waals surface area contributed by atoms with E-state index in [1.54, 1.807) is 6.07 Å². The first kappa shape index (κ1) is 22.5. The molecule has 2 aromatic carbocycles. The third-order valence-corrected chi connectivity index (χ3v) is 6.46. The Balaban J connectivity index is 1.79. The molecule has 8 heteroatoms. The van der Waals surface area contributed by atoms with E-state index in [1.807, 2.05) is 50.2 Å². The summed E-state index contributed by atoms with van der Waals surface area (Å²) in [5, 5.41) is 14.3. The molecule has 3 rings (SSSR count). The van der Waals surface area contributed by atoms with Crippen molar-refractivity contribution in [3.63, 3.8) is 0 Å². The normalized spacial score (nSPS) is 14.4. The number of rotatable bonds is 10. The van der Waals surface area contributed by atoms with Gasteiger partial charge in [0.15, 0.2) is 0 Å². The van der Waals surface area contributed by atoms with Gasteiger partial charge >= 0.3 is 13.6 Å². The van der Waals surface area contributed by atoms with Crippen molar-refractivity contribution < 1.29 is 28.7 Å². The molecule has 0 saturated heterocycles. The summed E-state index contributed by atoms with van der Waals surface area (Å²) in [5.74, 6) is -1.93. The van der Waals surface area contributed by atoms with Gasteiger partial charge in [0.2, 0.25) is 0 Å². The van der Waals surface area contributed by atoms with Gasteiger partial charge in [-0.05, 0) is 36.5 Å². The first-order chi connectivity index (χ1) is 14.1. The molecular formula is C22H28NO6P. The van der Waals surface area contributed by atoms with Gasteiger partial charge < -0.3 is 19.3 Å². The van der Waals surface area contributed by atoms with Crippen LogP contribution in [0.3, 0.4) is 0 Å². The van der Waals surface area contributed by atoms with Crippen molar-refractivity contribution in [1.82, 2.24) is 5.32 Å². The second-order valence-corrected chi connectivity index (χ2v) is 9.92. The molecule has 4 N–H and O–H groups in total. The highest BCUT2D eigenvalue weighted by molar-refractivity contribution is 7.52. The number of nitrogens with one attached hydrogen (secondary N) is 1. The molecule has 0 saturated carbocycles. The Morgan fingerprint density at radius 3 is 2.43 bits per heavy atom. The average molecular weight is 433 g/mol. The zero-order chi connectivity index (χ0) is 21.9. The summed E-state index contributed by atoms with van der Waals surface area (Å²) in [4.78, 5) is 31.2. The fourth-order valence-corrected chi connectivity index (χ4v) is 4.54. The number of fused-ring (bicyclic) bond motifs is 3. The molecule has 0 bridgehead atoms. The summed E-state index contributed by atoms with van der Waals surface area (Å²) < 4.78 is 17.8. The number of para-hydroxylation sites is 1. The highest BCUT2D eigenvalue weighted by Gasteiger charge is 2.32. The minimum atomic E-state index is -4.49. The Labute approximate surface area is 175 Å². The topological polar surface area (TPSA) is 120 Å². The predicted molar refractivity (Wildman–Crippen MR) is 117 cm³/mol. The molecule has 30 heavy (non-hydrogen) atoms. The Bertz CT molecular complexity index is 1070. The van der Waals surface area contributed by atoms with Crippen LogP contribution < -0.4 is 5.32 Å². The molecule has 1 unspecified atom stereocenters. The molecule has 0 amide bonds. The summed E-state index contributed by atoms with van der Waals surface area (Å²) in [5.41, 5.74) is 2.12. The van der Waals surface area contributed by atoms with Gasteiger partial charge in [0.05, 0.1) is 0 Å². The van der Waals surface area contributed by atoms with Crippen molar-refractivity contribution in [2.24, 2.45) is 5.92 Å². The van der Waals surface area contributed by atoms with Crippen molar-refractivity contribution in [3.8, 4) is 0 Å². The molecule has 0 aliphatic carbocycles. The van der Waals surface area contributed by atoms with Crippen LogP contribution in [0.15, 0.2) is 46.9 Å². The van der Waals surface area contributed by atoms with E-state index in [-0.39, 0.29) is 12.8 Å². The third kappa shape index (κ3) is 5.49. The van der Waals surface area contributed by atoms with Gasteiger partial charge in [-0.25, -0.2) is 0 Å². The number of carboxylic acids is 1. The second-order valence-electron chi connectivity index (χ2n) is 8.12. The highest BCUT2D eigenvalue weighted by Crippen LogP contribution is 2.42. The minimum Gasteiger partial charge on any atom is -0.480 e. The van der Waals surface area contributed by atoms with Crippen LogP contribution in [0.2, 0.25) is 0 Å². The summed E-state index contributed by atoms with van der Waals surface area (Å²) in [6.45, 7) is 4.07. The molecule has 1 aromatic heterocycles. The SMILES string of the molecule is CC(C)CCCC(N[C@@H](Cc1ccc2c(c1)oc1ccccc12)C(=O)O)P(=O)(O)O. The number of hydrogen-bond donors (Lipinski definition) is 4. The summed E-state index contributed by atoms with van der Waals surface area (Å²) in [6, 6.07) is 12.0. The van der Waals surface area contributed by atoms with E-state index in [9.17, 15) is 24.3 Å². The van der Waals surface area contributed by atoms with Gasteiger partial charge in [-0.3, -0.25) is 14.7 Å². The number of aliphatic carboxylic acids is 1. The molecule has 162 valence electrons. The van der Waals surface area contributed by atoms with Crippen LogP contribution >= 0.6 is 7.60 Å². The fraction of sp³-hybridized carbons (Fsp3) is 0.409. The molecule has 0 radical (unpaired) electrons. The predicted octanol–water partition coefficient (Wildman–Crippen LogP) is 4.50. The maximum atomic E-state index is 11.9. The van der Waals surface area contributed by atoms with Crippen molar-refractivity contribution in [2.75, 3.05) is 0 Å². The number of hydrogen-bond acceptors (Lipinski definition) is 4. The van der Waals surface area contributed by atoms with Gasteiger partial charge in [0.25, 0.3) is 0 Å². The lowest BCUT2D eigenvalue weighted by Crippen LogP contribution is -2.44. The lowest BCUT2D eigenvalue weighted by Gasteiger charge is -2.24. The second kappa shape index (κ2) is 9.31. The smallest absolute Gasteiger partial charge is 0.342 e. The van der Waals surface area contributed by atoms with E-state index in [4.69, 9.17) is 4.42 Å². The first-order valence-corrected chi connectivity index (χ1v) is 11.8. The Kier molecular flexibility index (Phi) is 6.98. The lowest BCUT2D eigenvalue weighted by molar-refractivity contribution is -0.139. The molecule has 3 aromatic rings. The van der Waals surface area contributed by atoms with Crippen molar-refractivity contribution in [3.05, 3.63) is 48.0 Å². The average Bonchev–Trinajstić information content (AvgIpc) is 3.02. The molecule has 0 fully saturated rings. The lowest BCUT2D eigenvalue weighted by atomic mass is 10.0. The molecule has 0 spiro atoms. The quantitative estimate of drug-likeness (QED) is 0.348. The standard InChI is InChI=1S/C22H28NO6P/c1-14(2)6-5-9-21(30(26,27)28)23-18(22(24)25)12-15-10-11-17-16-7-3-4-8-19(16)29-20(17)13-15/h3-4,7-8,10-11,13-14,18,21,23H,5-6,9,12H2,1-2H3,(H,24,25)(H2,26,27,28)/t18-,21?/m0/s1. The molecule has 2 atom stereocenters. The summed E-state index contributed by atoms with van der Waals surface area (Å²) in [7, 11) is -4.49. The number of carbonyl (C=O) groups is 1. The summed E-state index contributed by atoms with van der Waals surface area (Å²) in [6.07, 6.45) is 1.73. The van der Waals surface area contributed by atoms with Crippen LogP contribution in [-0.4, -0.2) is 32.7 Å². The Hall–Kier alpha value is -2.18. The van der Waals surface area contributed by atoms with E-state index in [0.717, 1.165) is 22.8 Å². The Morgan fingerprint density at radius 1 is 1.07 bits per heavy atom. The minimum absolute atomic E-state index is 0.0863. The zero-order valence-corrected chi connectivity index (χ0v) is 18.0. The van der Waals surface area contributed by atoms with E-state index >= 15 is 0 Å². The fourth-order valence-electron chi connectivity index (χ4n) is 3.65. The molecule has 7 nitrogen and oxygen atoms in total. The van der Waals surface area contributed by atoms with Crippen LogP contribution in [-0.2, 0) is 15.8 Å². The third-order valence-electron chi connectivity index (χ3n) is 5.24. The van der Waals surface area contributed by atoms with Gasteiger partial charge in [-0.15, -0.1) is 0 Å². The molecular weight excluding hydrogens is 405 g/mol. The van der Waals surface area contributed by atoms with E-state index in [1.165, 1.54) is 0 Å². The van der Waals surface area contributed by atoms with Crippen LogP contribution in [0.4, 0.5) is 0 Å². The van der Waals surface area contributed by atoms with Crippen LogP contribution in [0.25, 0.3) is 21.9 Å². The van der Waals surface area contributed by atoms with E-state index in [2.05, 4.69) is 5.32 Å². The van der Waals surface area contributed by atoms with Crippen LogP contribution in [0, 0.1) is 5.92 Å². The summed E-state index contributed by atoms with van der Waals surface area (Å²) >= 11 is 0. The van der Waals surface area contributed by atoms with Gasteiger partial charge in [0, 0.05) is 10.8 Å². The Morgan fingerprint density at radius 2 is 1.77 bits per heavy atom. The number of furan rings is 1. The maximum absolute atomic E-state index is 11.9. The highest BCUT2D eigenvalue weighted by atomic mass is 31.2. The molecule has 0 aliphatic rings. The zero-order valence-electron chi connectivity index (χ0n) is 17.1. The number of carboxylic acid groups (broad SMARTS) is 1.